The number of carbonyl (C=O) groups excluding carboxylic acids is 1. The van der Waals surface area contributed by atoms with E-state index < -0.39 is 34.0 Å². The minimum absolute atomic E-state index is 0.182. The van der Waals surface area contributed by atoms with Gasteiger partial charge in [-0.05, 0) is 24.3 Å². The number of nitrogens with zero attached hydrogens (tertiary/aromatic N) is 3. The van der Waals surface area contributed by atoms with Gasteiger partial charge in [0.2, 0.25) is 0 Å². The molecule has 0 radical (unpaired) electrons. The smallest absolute Gasteiger partial charge is 0.292 e. The van der Waals surface area contributed by atoms with Gasteiger partial charge in [-0.2, -0.15) is 18.4 Å². The average molecular weight is 323 g/mol. The molecule has 0 fully saturated rings. The summed E-state index contributed by atoms with van der Waals surface area (Å²) in [6, 6.07) is 9.01. The van der Waals surface area contributed by atoms with E-state index in [2.05, 4.69) is 9.97 Å². The van der Waals surface area contributed by atoms with Crippen LogP contribution in [0.5, 0.6) is 0 Å². The number of aromatic nitrogens is 2. The molecule has 0 N–H and O–H groups in total. The van der Waals surface area contributed by atoms with E-state index >= 15 is 0 Å². The molecule has 22 heavy (non-hydrogen) atoms. The summed E-state index contributed by atoms with van der Waals surface area (Å²) in [5, 5.41) is 8.70. The maximum absolute atomic E-state index is 12.5. The Morgan fingerprint density at radius 1 is 1.18 bits per heavy atom. The number of Topliss-reactive ketones (excluding diaryl/α,β-unsaturated/α-hetero) is 1. The average Bonchev–Trinajstić information content (AvgIpc) is 2.48. The lowest BCUT2D eigenvalue weighted by molar-refractivity contribution is -0.0329. The molecule has 2 rings (SSSR count). The fourth-order valence-electron chi connectivity index (χ4n) is 1.73. The van der Waals surface area contributed by atoms with Crippen LogP contribution in [0, 0.1) is 11.3 Å². The summed E-state index contributed by atoms with van der Waals surface area (Å²) in [5.74, 6) is -2.04. The molecule has 0 saturated carbocycles. The van der Waals surface area contributed by atoms with Crippen LogP contribution in [0.1, 0.15) is 22.0 Å². The van der Waals surface area contributed by atoms with Crippen molar-refractivity contribution in [1.82, 2.24) is 9.97 Å². The molecule has 8 heteroatoms. The molecular formula is C14H8F3N3OS. The van der Waals surface area contributed by atoms with E-state index in [1.165, 1.54) is 24.4 Å². The fraction of sp³-hybridized carbons (Fsp3) is 0.143. The molecule has 1 atom stereocenters. The molecule has 2 aromatic heterocycles. The number of rotatable bonds is 4. The summed E-state index contributed by atoms with van der Waals surface area (Å²) in [5.41, 5.74) is -4.64. The number of thioether (sulfide) groups is 1. The van der Waals surface area contributed by atoms with Gasteiger partial charge in [-0.25, -0.2) is 4.98 Å². The highest BCUT2D eigenvalue weighted by Crippen LogP contribution is 2.38. The minimum Gasteiger partial charge on any atom is -0.292 e. The van der Waals surface area contributed by atoms with Gasteiger partial charge in [-0.1, -0.05) is 6.07 Å². The number of hydrogen-bond donors (Lipinski definition) is 0. The van der Waals surface area contributed by atoms with E-state index in [-0.39, 0.29) is 11.3 Å². The number of pyridine rings is 2. The molecule has 0 saturated heterocycles. The topological polar surface area (TPSA) is 66.6 Å². The molecule has 0 spiro atoms. The molecule has 0 aliphatic carbocycles. The van der Waals surface area contributed by atoms with Crippen molar-refractivity contribution in [1.29, 1.82) is 5.26 Å². The Kier molecular flexibility index (Phi) is 4.78. The second kappa shape index (κ2) is 6.58. The van der Waals surface area contributed by atoms with Crippen molar-refractivity contribution in [2.75, 3.05) is 0 Å². The van der Waals surface area contributed by atoms with Gasteiger partial charge in [-0.3, -0.25) is 9.78 Å². The second-order valence-corrected chi connectivity index (χ2v) is 5.14. The molecule has 0 aliphatic rings. The lowest BCUT2D eigenvalue weighted by Crippen LogP contribution is -2.15. The van der Waals surface area contributed by atoms with E-state index in [1.807, 2.05) is 0 Å². The molecule has 0 bridgehead atoms. The zero-order chi connectivity index (χ0) is 16.2. The van der Waals surface area contributed by atoms with Crippen molar-refractivity contribution in [2.45, 2.75) is 16.5 Å². The molecule has 0 aliphatic heterocycles. The van der Waals surface area contributed by atoms with E-state index in [1.54, 1.807) is 18.2 Å². The highest BCUT2D eigenvalue weighted by atomic mass is 32.2. The van der Waals surface area contributed by atoms with E-state index in [9.17, 15) is 23.2 Å². The summed E-state index contributed by atoms with van der Waals surface area (Å²) in [6.07, 6.45) is 2.56. The minimum atomic E-state index is -4.57. The Hall–Kier alpha value is -2.40. The zero-order valence-corrected chi connectivity index (χ0v) is 11.7. The van der Waals surface area contributed by atoms with Crippen molar-refractivity contribution in [3.63, 3.8) is 0 Å². The van der Waals surface area contributed by atoms with Crippen LogP contribution in [0.25, 0.3) is 0 Å². The highest BCUT2D eigenvalue weighted by Gasteiger charge is 2.34. The first kappa shape index (κ1) is 16.0. The van der Waals surface area contributed by atoms with Gasteiger partial charge in [0.1, 0.15) is 5.03 Å². The first-order chi connectivity index (χ1) is 10.4. The van der Waals surface area contributed by atoms with Crippen LogP contribution in [-0.4, -0.2) is 21.3 Å². The number of ketones is 1. The largest absolute Gasteiger partial charge is 0.447 e. The number of hydrogen-bond acceptors (Lipinski definition) is 5. The third-order valence-electron chi connectivity index (χ3n) is 2.62. The maximum atomic E-state index is 12.5. The Balaban J connectivity index is 2.39. The Labute approximate surface area is 128 Å². The summed E-state index contributed by atoms with van der Waals surface area (Å²) in [7, 11) is 0. The van der Waals surface area contributed by atoms with Crippen LogP contribution in [-0.2, 0) is 0 Å². The third kappa shape index (κ3) is 3.83. The molecular weight excluding hydrogens is 315 g/mol. The van der Waals surface area contributed by atoms with Crippen molar-refractivity contribution in [3.05, 3.63) is 54.0 Å². The highest BCUT2D eigenvalue weighted by molar-refractivity contribution is 8.00. The van der Waals surface area contributed by atoms with Crippen molar-refractivity contribution in [2.24, 2.45) is 0 Å². The van der Waals surface area contributed by atoms with Gasteiger partial charge >= 0.3 is 5.51 Å². The van der Waals surface area contributed by atoms with Gasteiger partial charge in [0.25, 0.3) is 0 Å². The predicted molar refractivity (Wildman–Crippen MR) is 73.1 cm³/mol. The van der Waals surface area contributed by atoms with E-state index in [0.29, 0.717) is 0 Å². The fourth-order valence-corrected chi connectivity index (χ4v) is 2.34. The Bertz CT molecular complexity index is 713. The lowest BCUT2D eigenvalue weighted by atomic mass is 9.96. The van der Waals surface area contributed by atoms with Crippen LogP contribution in [0.4, 0.5) is 13.2 Å². The Morgan fingerprint density at radius 3 is 2.50 bits per heavy atom. The van der Waals surface area contributed by atoms with Gasteiger partial charge in [-0.15, -0.1) is 0 Å². The molecule has 112 valence electrons. The molecule has 0 aromatic carbocycles. The standard InChI is InChI=1S/C14H8F3N3OS/c15-14(16,17)22-13-9(4-3-7-20-13)12(21)10(8-18)11-5-1-2-6-19-11/h1-7,10H. The van der Waals surface area contributed by atoms with Crippen LogP contribution >= 0.6 is 11.8 Å². The third-order valence-corrected chi connectivity index (χ3v) is 3.37. The van der Waals surface area contributed by atoms with Crippen molar-refractivity contribution >= 4 is 17.5 Å². The van der Waals surface area contributed by atoms with Crippen molar-refractivity contribution < 1.29 is 18.0 Å². The normalized spacial score (nSPS) is 12.5. The van der Waals surface area contributed by atoms with Gasteiger partial charge in [0.05, 0.1) is 17.3 Å². The number of carbonyl (C=O) groups is 1. The first-order valence-electron chi connectivity index (χ1n) is 5.98. The number of nitriles is 1. The number of alkyl halides is 3. The predicted octanol–water partition coefficient (Wildman–Crippen LogP) is 3.58. The summed E-state index contributed by atoms with van der Waals surface area (Å²) < 4.78 is 37.6. The molecule has 2 heterocycles. The second-order valence-electron chi connectivity index (χ2n) is 4.08. The lowest BCUT2D eigenvalue weighted by Gasteiger charge is -2.11. The van der Waals surface area contributed by atoms with Crippen LogP contribution in [0.15, 0.2) is 47.8 Å². The monoisotopic (exact) mass is 323 g/mol. The van der Waals surface area contributed by atoms with Crippen LogP contribution < -0.4 is 0 Å². The summed E-state index contributed by atoms with van der Waals surface area (Å²) in [4.78, 5) is 19.9. The van der Waals surface area contributed by atoms with Crippen molar-refractivity contribution in [3.8, 4) is 6.07 Å². The maximum Gasteiger partial charge on any atom is 0.447 e. The van der Waals surface area contributed by atoms with E-state index in [4.69, 9.17) is 0 Å². The van der Waals surface area contributed by atoms with Crippen LogP contribution in [0.3, 0.4) is 0 Å². The van der Waals surface area contributed by atoms with Gasteiger partial charge in [0.15, 0.2) is 11.7 Å². The summed E-state index contributed by atoms with van der Waals surface area (Å²) >= 11 is -0.483. The van der Waals surface area contributed by atoms with Gasteiger partial charge < -0.3 is 0 Å². The number of halogens is 3. The zero-order valence-electron chi connectivity index (χ0n) is 10.9. The van der Waals surface area contributed by atoms with E-state index in [0.717, 1.165) is 6.20 Å². The first-order valence-corrected chi connectivity index (χ1v) is 6.79. The van der Waals surface area contributed by atoms with Crippen LogP contribution in [0.2, 0.25) is 0 Å². The summed E-state index contributed by atoms with van der Waals surface area (Å²) in [6.45, 7) is 0. The molecule has 1 unspecified atom stereocenters. The quantitative estimate of drug-likeness (QED) is 0.635. The Morgan fingerprint density at radius 2 is 1.91 bits per heavy atom. The van der Waals surface area contributed by atoms with Gasteiger partial charge in [0, 0.05) is 24.2 Å². The SMILES string of the molecule is N#CC(C(=O)c1cccnc1SC(F)(F)F)c1ccccn1. The molecule has 0 amide bonds. The molecule has 2 aromatic rings. The molecule has 4 nitrogen and oxygen atoms in total.